The van der Waals surface area contributed by atoms with E-state index in [-0.39, 0.29) is 5.78 Å². The zero-order valence-corrected chi connectivity index (χ0v) is 13.5. The predicted molar refractivity (Wildman–Crippen MR) is 83.1 cm³/mol. The van der Waals surface area contributed by atoms with Gasteiger partial charge in [0.25, 0.3) is 0 Å². The molecule has 0 radical (unpaired) electrons. The van der Waals surface area contributed by atoms with Gasteiger partial charge in [-0.15, -0.1) is 0 Å². The standard InChI is InChI=1S/C14H12Br2N2O/c1-2-18-13(12(16)9-17-18)7-8-14(19)10-3-5-11(15)6-4-10/h3-9H,2H2,1H3. The number of aromatic nitrogens is 2. The maximum Gasteiger partial charge on any atom is 0.185 e. The van der Waals surface area contributed by atoms with Crippen LogP contribution in [0.3, 0.4) is 0 Å². The van der Waals surface area contributed by atoms with Gasteiger partial charge in [0.05, 0.1) is 16.4 Å². The van der Waals surface area contributed by atoms with Crippen molar-refractivity contribution in [3.63, 3.8) is 0 Å². The SMILES string of the molecule is CCn1ncc(Br)c1C=CC(=O)c1ccc(Br)cc1. The summed E-state index contributed by atoms with van der Waals surface area (Å²) in [6, 6.07) is 7.30. The third kappa shape index (κ3) is 3.42. The lowest BCUT2D eigenvalue weighted by molar-refractivity contribution is 0.104. The molecular formula is C14H12Br2N2O. The summed E-state index contributed by atoms with van der Waals surface area (Å²) in [7, 11) is 0. The van der Waals surface area contributed by atoms with Gasteiger partial charge < -0.3 is 0 Å². The van der Waals surface area contributed by atoms with E-state index in [9.17, 15) is 4.79 Å². The van der Waals surface area contributed by atoms with Crippen LogP contribution >= 0.6 is 31.9 Å². The zero-order valence-electron chi connectivity index (χ0n) is 10.3. The molecule has 5 heteroatoms. The number of benzene rings is 1. The van der Waals surface area contributed by atoms with E-state index < -0.39 is 0 Å². The molecular weight excluding hydrogens is 372 g/mol. The second kappa shape index (κ2) is 6.30. The fourth-order valence-electron chi connectivity index (χ4n) is 1.65. The normalized spacial score (nSPS) is 11.1. The van der Waals surface area contributed by atoms with E-state index in [4.69, 9.17) is 0 Å². The summed E-state index contributed by atoms with van der Waals surface area (Å²) < 4.78 is 3.67. The summed E-state index contributed by atoms with van der Waals surface area (Å²) in [5, 5.41) is 4.20. The number of allylic oxidation sites excluding steroid dienone is 1. The summed E-state index contributed by atoms with van der Waals surface area (Å²) in [6.45, 7) is 2.77. The Labute approximate surface area is 128 Å². The molecule has 3 nitrogen and oxygen atoms in total. The molecule has 1 heterocycles. The predicted octanol–water partition coefficient (Wildman–Crippen LogP) is 4.32. The number of halogens is 2. The minimum absolute atomic E-state index is 0.0248. The van der Waals surface area contributed by atoms with Gasteiger partial charge in [0, 0.05) is 16.6 Å². The van der Waals surface area contributed by atoms with Gasteiger partial charge in [-0.1, -0.05) is 15.9 Å². The first-order chi connectivity index (χ1) is 9.11. The molecule has 0 N–H and O–H groups in total. The molecule has 1 aromatic carbocycles. The molecule has 0 aliphatic heterocycles. The van der Waals surface area contributed by atoms with E-state index in [1.54, 1.807) is 30.5 Å². The van der Waals surface area contributed by atoms with Crippen molar-refractivity contribution in [3.05, 3.63) is 56.7 Å². The third-order valence-electron chi connectivity index (χ3n) is 2.65. The first-order valence-corrected chi connectivity index (χ1v) is 7.39. The fourth-order valence-corrected chi connectivity index (χ4v) is 2.35. The van der Waals surface area contributed by atoms with Crippen LogP contribution in [0.4, 0.5) is 0 Å². The van der Waals surface area contributed by atoms with E-state index in [1.807, 2.05) is 23.7 Å². The number of carbonyl (C=O) groups excluding carboxylic acids is 1. The number of ketones is 1. The van der Waals surface area contributed by atoms with Crippen molar-refractivity contribution in [2.45, 2.75) is 13.5 Å². The molecule has 2 rings (SSSR count). The molecule has 2 aromatic rings. The first-order valence-electron chi connectivity index (χ1n) is 5.81. The Morgan fingerprint density at radius 3 is 2.63 bits per heavy atom. The Kier molecular flexibility index (Phi) is 4.71. The molecule has 19 heavy (non-hydrogen) atoms. The van der Waals surface area contributed by atoms with Gasteiger partial charge in [0.2, 0.25) is 0 Å². The molecule has 0 atom stereocenters. The Hall–Kier alpha value is -1.20. The van der Waals surface area contributed by atoms with Crippen molar-refractivity contribution >= 4 is 43.7 Å². The molecule has 0 aliphatic carbocycles. The lowest BCUT2D eigenvalue weighted by atomic mass is 10.1. The summed E-state index contributed by atoms with van der Waals surface area (Å²) in [5.74, 6) is -0.0248. The number of hydrogen-bond donors (Lipinski definition) is 0. The topological polar surface area (TPSA) is 34.9 Å². The van der Waals surface area contributed by atoms with E-state index in [0.717, 1.165) is 21.2 Å². The van der Waals surface area contributed by atoms with E-state index >= 15 is 0 Å². The zero-order chi connectivity index (χ0) is 13.8. The van der Waals surface area contributed by atoms with Crippen molar-refractivity contribution in [2.75, 3.05) is 0 Å². The molecule has 0 aliphatic rings. The number of hydrogen-bond acceptors (Lipinski definition) is 2. The van der Waals surface area contributed by atoms with Crippen LogP contribution in [0.2, 0.25) is 0 Å². The summed E-state index contributed by atoms with van der Waals surface area (Å²) in [4.78, 5) is 12.0. The molecule has 0 saturated carbocycles. The highest BCUT2D eigenvalue weighted by Crippen LogP contribution is 2.18. The van der Waals surface area contributed by atoms with Crippen molar-refractivity contribution in [1.29, 1.82) is 0 Å². The number of nitrogens with zero attached hydrogens (tertiary/aromatic N) is 2. The molecule has 0 saturated heterocycles. The van der Waals surface area contributed by atoms with E-state index in [2.05, 4.69) is 37.0 Å². The minimum Gasteiger partial charge on any atom is -0.289 e. The van der Waals surface area contributed by atoms with Crippen molar-refractivity contribution < 1.29 is 4.79 Å². The number of carbonyl (C=O) groups is 1. The summed E-state index contributed by atoms with van der Waals surface area (Å²) in [5.41, 5.74) is 1.56. The molecule has 98 valence electrons. The van der Waals surface area contributed by atoms with Crippen LogP contribution in [0.1, 0.15) is 23.0 Å². The molecule has 0 fully saturated rings. The average molecular weight is 384 g/mol. The summed E-state index contributed by atoms with van der Waals surface area (Å²) >= 11 is 6.77. The smallest absolute Gasteiger partial charge is 0.185 e. The van der Waals surface area contributed by atoms with Crippen LogP contribution in [0.25, 0.3) is 6.08 Å². The Morgan fingerprint density at radius 1 is 1.32 bits per heavy atom. The molecule has 0 unspecified atom stereocenters. The van der Waals surface area contributed by atoms with Gasteiger partial charge in [0.1, 0.15) is 0 Å². The van der Waals surface area contributed by atoms with Crippen LogP contribution < -0.4 is 0 Å². The van der Waals surface area contributed by atoms with Gasteiger partial charge >= 0.3 is 0 Å². The summed E-state index contributed by atoms with van der Waals surface area (Å²) in [6.07, 6.45) is 5.08. The van der Waals surface area contributed by atoms with Crippen LogP contribution in [-0.4, -0.2) is 15.6 Å². The highest BCUT2D eigenvalue weighted by atomic mass is 79.9. The van der Waals surface area contributed by atoms with Gasteiger partial charge in [-0.3, -0.25) is 9.48 Å². The molecule has 1 aromatic heterocycles. The van der Waals surface area contributed by atoms with E-state index in [1.165, 1.54) is 0 Å². The van der Waals surface area contributed by atoms with Crippen LogP contribution in [0.5, 0.6) is 0 Å². The van der Waals surface area contributed by atoms with Crippen molar-refractivity contribution in [2.24, 2.45) is 0 Å². The Bertz CT molecular complexity index is 615. The molecule has 0 amide bonds. The third-order valence-corrected chi connectivity index (χ3v) is 3.79. The fraction of sp³-hybridized carbons (Fsp3) is 0.143. The maximum absolute atomic E-state index is 12.0. The van der Waals surface area contributed by atoms with Gasteiger partial charge in [-0.25, -0.2) is 0 Å². The van der Waals surface area contributed by atoms with Crippen LogP contribution in [0.15, 0.2) is 45.5 Å². The second-order valence-corrected chi connectivity index (χ2v) is 5.67. The largest absolute Gasteiger partial charge is 0.289 e. The van der Waals surface area contributed by atoms with Gasteiger partial charge in [0.15, 0.2) is 5.78 Å². The number of rotatable bonds is 4. The highest BCUT2D eigenvalue weighted by Gasteiger charge is 2.06. The van der Waals surface area contributed by atoms with Crippen LogP contribution in [0, 0.1) is 0 Å². The molecule has 0 bridgehead atoms. The van der Waals surface area contributed by atoms with Crippen LogP contribution in [-0.2, 0) is 6.54 Å². The average Bonchev–Trinajstić information content (AvgIpc) is 2.77. The highest BCUT2D eigenvalue weighted by molar-refractivity contribution is 9.10. The lowest BCUT2D eigenvalue weighted by Gasteiger charge is -2.00. The van der Waals surface area contributed by atoms with Gasteiger partial charge in [-0.05, 0) is 59.3 Å². The number of aryl methyl sites for hydroxylation is 1. The Balaban J connectivity index is 2.20. The minimum atomic E-state index is -0.0248. The van der Waals surface area contributed by atoms with Crippen molar-refractivity contribution in [1.82, 2.24) is 9.78 Å². The van der Waals surface area contributed by atoms with E-state index in [0.29, 0.717) is 5.56 Å². The van der Waals surface area contributed by atoms with Crippen molar-refractivity contribution in [3.8, 4) is 0 Å². The van der Waals surface area contributed by atoms with Gasteiger partial charge in [-0.2, -0.15) is 5.10 Å². The lowest BCUT2D eigenvalue weighted by Crippen LogP contribution is -1.99. The molecule has 0 spiro atoms. The quantitative estimate of drug-likeness (QED) is 0.581. The maximum atomic E-state index is 12.0. The monoisotopic (exact) mass is 382 g/mol. The first kappa shape index (κ1) is 14.2. The second-order valence-electron chi connectivity index (χ2n) is 3.90. The Morgan fingerprint density at radius 2 is 2.00 bits per heavy atom.